The second-order valence-corrected chi connectivity index (χ2v) is 4.48. The molecule has 0 atom stereocenters. The molecule has 100 valence electrons. The van der Waals surface area contributed by atoms with Crippen LogP contribution in [0.1, 0.15) is 10.4 Å². The van der Waals surface area contributed by atoms with E-state index >= 15 is 0 Å². The van der Waals surface area contributed by atoms with E-state index in [1.165, 1.54) is 17.6 Å². The van der Waals surface area contributed by atoms with Crippen LogP contribution in [0.3, 0.4) is 0 Å². The average molecular weight is 289 g/mol. The Morgan fingerprint density at radius 2 is 1.84 bits per heavy atom. The van der Waals surface area contributed by atoms with Gasteiger partial charge in [0.2, 0.25) is 11.6 Å². The maximum absolute atomic E-state index is 13.2. The van der Waals surface area contributed by atoms with Crippen molar-refractivity contribution in [3.8, 4) is 0 Å². The number of anilines is 1. The highest BCUT2D eigenvalue weighted by Crippen LogP contribution is 2.22. The van der Waals surface area contributed by atoms with Gasteiger partial charge in [-0.1, -0.05) is 0 Å². The molecule has 0 spiro atoms. The molecule has 0 aliphatic carbocycles. The van der Waals surface area contributed by atoms with Crippen molar-refractivity contribution in [1.29, 1.82) is 0 Å². The van der Waals surface area contributed by atoms with Gasteiger partial charge in [-0.3, -0.25) is 5.43 Å². The van der Waals surface area contributed by atoms with Gasteiger partial charge in [-0.2, -0.15) is 27.6 Å². The first kappa shape index (κ1) is 13.5. The van der Waals surface area contributed by atoms with Crippen LogP contribution in [-0.4, -0.2) is 11.2 Å². The number of hydrazone groups is 1. The minimum Gasteiger partial charge on any atom is -0.272 e. The predicted octanol–water partition coefficient (Wildman–Crippen LogP) is 3.45. The maximum atomic E-state index is 13.2. The van der Waals surface area contributed by atoms with Crippen molar-refractivity contribution in [3.63, 3.8) is 0 Å². The van der Waals surface area contributed by atoms with Crippen LogP contribution in [0.4, 0.5) is 23.2 Å². The molecule has 2 rings (SSSR count). The largest absolute Gasteiger partial charge is 0.272 e. The Morgan fingerprint density at radius 1 is 1.21 bits per heavy atom. The fourth-order valence-electron chi connectivity index (χ4n) is 1.26. The summed E-state index contributed by atoms with van der Waals surface area (Å²) in [7, 11) is 0. The van der Waals surface area contributed by atoms with Crippen LogP contribution in [0, 0.1) is 30.5 Å². The van der Waals surface area contributed by atoms with Crippen molar-refractivity contribution in [3.05, 3.63) is 45.4 Å². The summed E-state index contributed by atoms with van der Waals surface area (Å²) in [6.07, 6.45) is 1.30. The number of pyridine rings is 1. The molecule has 0 bridgehead atoms. The van der Waals surface area contributed by atoms with Crippen molar-refractivity contribution in [2.75, 3.05) is 5.43 Å². The van der Waals surface area contributed by atoms with Gasteiger partial charge in [-0.15, -0.1) is 11.3 Å². The summed E-state index contributed by atoms with van der Waals surface area (Å²) in [5, 5.41) is 5.35. The Morgan fingerprint density at radius 3 is 2.37 bits per heavy atom. The lowest BCUT2D eigenvalue weighted by atomic mass is 10.3. The van der Waals surface area contributed by atoms with Gasteiger partial charge < -0.3 is 0 Å². The summed E-state index contributed by atoms with van der Waals surface area (Å²) in [5.74, 6) is -6.72. The third kappa shape index (κ3) is 2.73. The third-order valence-electron chi connectivity index (χ3n) is 2.26. The molecule has 2 aromatic rings. The summed E-state index contributed by atoms with van der Waals surface area (Å²) in [5.41, 5.74) is 1.84. The zero-order chi connectivity index (χ0) is 14.0. The molecular weight excluding hydrogens is 282 g/mol. The van der Waals surface area contributed by atoms with E-state index in [0.717, 1.165) is 10.4 Å². The minimum atomic E-state index is -1.73. The Balaban J connectivity index is 2.25. The van der Waals surface area contributed by atoms with Crippen LogP contribution in [0.5, 0.6) is 0 Å². The second-order valence-electron chi connectivity index (χ2n) is 3.53. The summed E-state index contributed by atoms with van der Waals surface area (Å²) in [6.45, 7) is 1.82. The summed E-state index contributed by atoms with van der Waals surface area (Å²) < 4.78 is 52.0. The van der Waals surface area contributed by atoms with Crippen molar-refractivity contribution in [1.82, 2.24) is 4.98 Å². The van der Waals surface area contributed by atoms with Crippen molar-refractivity contribution >= 4 is 23.2 Å². The number of halogens is 4. The smallest absolute Gasteiger partial charge is 0.254 e. The first-order valence-corrected chi connectivity index (χ1v) is 5.92. The molecule has 0 aliphatic heterocycles. The molecule has 0 saturated carbocycles. The molecule has 0 radical (unpaired) electrons. The Labute approximate surface area is 109 Å². The second kappa shape index (κ2) is 5.35. The van der Waals surface area contributed by atoms with E-state index in [-0.39, 0.29) is 0 Å². The van der Waals surface area contributed by atoms with E-state index in [1.807, 2.05) is 23.8 Å². The quantitative estimate of drug-likeness (QED) is 0.407. The number of nitrogens with zero attached hydrogens (tertiary/aromatic N) is 2. The molecule has 0 aromatic carbocycles. The molecule has 8 heteroatoms. The lowest BCUT2D eigenvalue weighted by Crippen LogP contribution is -2.05. The van der Waals surface area contributed by atoms with E-state index in [1.54, 1.807) is 0 Å². The first-order valence-electron chi connectivity index (χ1n) is 5.04. The molecule has 0 amide bonds. The van der Waals surface area contributed by atoms with E-state index in [2.05, 4.69) is 10.1 Å². The molecule has 2 heterocycles. The lowest BCUT2D eigenvalue weighted by molar-refractivity contribution is 0.411. The molecule has 0 unspecified atom stereocenters. The standard InChI is InChI=1S/C11H7F4N3S/c1-5-2-3-19-6(5)4-16-18-9-7(12)10(14)17-11(15)8(9)13/h2-4H,1H3,(H,17,18)/b16-4-. The molecule has 19 heavy (non-hydrogen) atoms. The molecule has 0 aliphatic rings. The molecular formula is C11H7F4N3S. The summed E-state index contributed by atoms with van der Waals surface area (Å²) >= 11 is 1.36. The van der Waals surface area contributed by atoms with Gasteiger partial charge in [0, 0.05) is 4.88 Å². The van der Waals surface area contributed by atoms with Gasteiger partial charge >= 0.3 is 0 Å². The Kier molecular flexibility index (Phi) is 3.79. The van der Waals surface area contributed by atoms with Gasteiger partial charge in [0.05, 0.1) is 6.21 Å². The monoisotopic (exact) mass is 289 g/mol. The molecule has 1 N–H and O–H groups in total. The molecule has 0 fully saturated rings. The Bertz CT molecular complexity index is 613. The summed E-state index contributed by atoms with van der Waals surface area (Å²) in [6, 6.07) is 1.83. The van der Waals surface area contributed by atoms with Gasteiger partial charge in [0.1, 0.15) is 5.69 Å². The third-order valence-corrected chi connectivity index (χ3v) is 3.21. The van der Waals surface area contributed by atoms with Gasteiger partial charge in [0.25, 0.3) is 11.9 Å². The first-order chi connectivity index (χ1) is 9.00. The van der Waals surface area contributed by atoms with Crippen LogP contribution >= 0.6 is 11.3 Å². The van der Waals surface area contributed by atoms with Crippen LogP contribution in [0.25, 0.3) is 0 Å². The highest BCUT2D eigenvalue weighted by molar-refractivity contribution is 7.11. The number of hydrogen-bond donors (Lipinski definition) is 1. The highest BCUT2D eigenvalue weighted by Gasteiger charge is 2.20. The van der Waals surface area contributed by atoms with Crippen LogP contribution in [0.2, 0.25) is 0 Å². The molecule has 3 nitrogen and oxygen atoms in total. The predicted molar refractivity (Wildman–Crippen MR) is 64.3 cm³/mol. The van der Waals surface area contributed by atoms with Gasteiger partial charge in [0.15, 0.2) is 0 Å². The fraction of sp³-hybridized carbons (Fsp3) is 0.0909. The van der Waals surface area contributed by atoms with Crippen molar-refractivity contribution in [2.45, 2.75) is 6.92 Å². The van der Waals surface area contributed by atoms with Crippen LogP contribution in [0.15, 0.2) is 16.5 Å². The fourth-order valence-corrected chi connectivity index (χ4v) is 2.04. The number of rotatable bonds is 3. The van der Waals surface area contributed by atoms with Gasteiger partial charge in [-0.25, -0.2) is 0 Å². The highest BCUT2D eigenvalue weighted by atomic mass is 32.1. The van der Waals surface area contributed by atoms with Gasteiger partial charge in [-0.05, 0) is 23.9 Å². The van der Waals surface area contributed by atoms with E-state index in [4.69, 9.17) is 0 Å². The maximum Gasteiger partial charge on any atom is 0.254 e. The van der Waals surface area contributed by atoms with E-state index < -0.39 is 29.2 Å². The van der Waals surface area contributed by atoms with E-state index in [9.17, 15) is 17.6 Å². The number of nitrogens with one attached hydrogen (secondary N) is 1. The number of aryl methyl sites for hydroxylation is 1. The van der Waals surface area contributed by atoms with Crippen molar-refractivity contribution < 1.29 is 17.6 Å². The number of hydrogen-bond acceptors (Lipinski definition) is 4. The van der Waals surface area contributed by atoms with Crippen molar-refractivity contribution in [2.24, 2.45) is 5.10 Å². The molecule has 0 saturated heterocycles. The number of aromatic nitrogens is 1. The van der Waals surface area contributed by atoms with E-state index in [0.29, 0.717) is 0 Å². The Hall–Kier alpha value is -1.96. The average Bonchev–Trinajstić information content (AvgIpc) is 2.77. The number of thiophene rings is 1. The molecule has 2 aromatic heterocycles. The minimum absolute atomic E-state index is 0.753. The van der Waals surface area contributed by atoms with Crippen LogP contribution in [-0.2, 0) is 0 Å². The topological polar surface area (TPSA) is 37.3 Å². The zero-order valence-electron chi connectivity index (χ0n) is 9.55. The van der Waals surface area contributed by atoms with Crippen LogP contribution < -0.4 is 5.43 Å². The SMILES string of the molecule is Cc1ccsc1/C=N\Nc1c(F)c(F)nc(F)c1F. The summed E-state index contributed by atoms with van der Waals surface area (Å²) in [4.78, 5) is 3.19. The zero-order valence-corrected chi connectivity index (χ0v) is 10.4. The lowest BCUT2D eigenvalue weighted by Gasteiger charge is -2.04. The normalized spacial score (nSPS) is 11.2.